The largest absolute Gasteiger partial charge is 4.00 e. The first-order valence-corrected chi connectivity index (χ1v) is 0.612. The van der Waals surface area contributed by atoms with Crippen molar-refractivity contribution in [3.63, 3.8) is 0 Å². The summed E-state index contributed by atoms with van der Waals surface area (Å²) in [6.07, 6.45) is 0. The fourth-order valence-corrected chi connectivity index (χ4v) is 0. The third-order valence-electron chi connectivity index (χ3n) is 0. The molecule has 0 atom stereocenters. The van der Waals surface area contributed by atoms with Gasteiger partial charge < -0.3 is 11.0 Å². The summed E-state index contributed by atoms with van der Waals surface area (Å²) in [6, 6.07) is 0. The van der Waals surface area contributed by atoms with E-state index in [1.165, 1.54) is 0 Å². The first-order valence-electron chi connectivity index (χ1n) is 0.204. The first-order chi connectivity index (χ1) is 1.00. The van der Waals surface area contributed by atoms with E-state index < -0.39 is 0 Å². The molecule has 0 rings (SSSR count). The maximum absolute atomic E-state index is 8.06. The van der Waals surface area contributed by atoms with Gasteiger partial charge in [-0.05, 0) is 0 Å². The summed E-state index contributed by atoms with van der Waals surface area (Å²) >= 11 is 0. The van der Waals surface area contributed by atoms with Gasteiger partial charge in [-0.2, -0.15) is 0 Å². The van der Waals surface area contributed by atoms with Crippen molar-refractivity contribution in [2.75, 3.05) is 0 Å². The fraction of sp³-hybridized carbons (Fsp3) is 0. The Morgan fingerprint density at radius 1 is 1.00 bits per heavy atom. The van der Waals surface area contributed by atoms with Crippen LogP contribution >= 0.6 is 0 Å². The second-order valence-electron chi connectivity index (χ2n) is 0. The standard InChI is InChI=1S/OSi.2O.Ti.Zr/c1-2;;;;/q+2;2*-2;2*+4. The van der Waals surface area contributed by atoms with Crippen molar-refractivity contribution in [3.8, 4) is 0 Å². The topological polar surface area (TPSA) is 74.1 Å². The van der Waals surface area contributed by atoms with Crippen molar-refractivity contribution >= 4 is 10.1 Å². The fourth-order valence-electron chi connectivity index (χ4n) is 0. The van der Waals surface area contributed by atoms with Crippen molar-refractivity contribution in [1.82, 2.24) is 0 Å². The van der Waals surface area contributed by atoms with Crippen LogP contribution in [-0.4, -0.2) is 10.1 Å². The summed E-state index contributed by atoms with van der Waals surface area (Å²) < 4.78 is 8.06. The molecule has 0 aliphatic heterocycles. The van der Waals surface area contributed by atoms with Crippen LogP contribution in [0.15, 0.2) is 0 Å². The van der Waals surface area contributed by atoms with E-state index in [2.05, 4.69) is 0 Å². The predicted octanol–water partition coefficient (Wildman–Crippen LogP) is -0.742. The number of rotatable bonds is 0. The van der Waals surface area contributed by atoms with E-state index in [-0.39, 0.29) is 58.9 Å². The molecular formula is O3SiTiZr+6. The van der Waals surface area contributed by atoms with Crippen molar-refractivity contribution in [3.05, 3.63) is 0 Å². The van der Waals surface area contributed by atoms with Crippen molar-refractivity contribution in [2.24, 2.45) is 0 Å². The van der Waals surface area contributed by atoms with Crippen LogP contribution in [0.1, 0.15) is 0 Å². The molecule has 0 saturated carbocycles. The van der Waals surface area contributed by atoms with Gasteiger partial charge in [0.05, 0.1) is 0 Å². The monoisotopic (exact) mass is 214 g/mol. The molecule has 0 aliphatic carbocycles. The Bertz CT molecular complexity index is 10.8. The van der Waals surface area contributed by atoms with Gasteiger partial charge in [0.2, 0.25) is 0 Å². The van der Waals surface area contributed by atoms with E-state index in [9.17, 15) is 0 Å². The van der Waals surface area contributed by atoms with Gasteiger partial charge in [-0.25, -0.2) is 0 Å². The van der Waals surface area contributed by atoms with Gasteiger partial charge in [-0.3, -0.25) is 0 Å². The van der Waals surface area contributed by atoms with Crippen molar-refractivity contribution in [2.45, 2.75) is 0 Å². The van der Waals surface area contributed by atoms with Crippen molar-refractivity contribution in [1.29, 1.82) is 0 Å². The van der Waals surface area contributed by atoms with Gasteiger partial charge in [0.1, 0.15) is 0 Å². The van der Waals surface area contributed by atoms with E-state index in [1.54, 1.807) is 10.1 Å². The van der Waals surface area contributed by atoms with Crippen molar-refractivity contribution < 1.29 is 63.3 Å². The van der Waals surface area contributed by atoms with Crippen LogP contribution in [0.4, 0.5) is 0 Å². The predicted molar refractivity (Wildman–Crippen MR) is 7.81 cm³/mol. The molecule has 0 spiro atoms. The average molecular weight is 215 g/mol. The van der Waals surface area contributed by atoms with E-state index in [1.807, 2.05) is 0 Å². The average Bonchev–Trinajstić information content (AvgIpc) is 1.00. The Morgan fingerprint density at radius 2 is 1.00 bits per heavy atom. The van der Waals surface area contributed by atoms with Crippen LogP contribution < -0.4 is 0 Å². The van der Waals surface area contributed by atoms with Gasteiger partial charge in [0, 0.05) is 0 Å². The Hall–Kier alpha value is 1.53. The second-order valence-corrected chi connectivity index (χ2v) is 0. The summed E-state index contributed by atoms with van der Waals surface area (Å²) in [7, 11) is 1.72. The third kappa shape index (κ3) is 48.3. The van der Waals surface area contributed by atoms with Gasteiger partial charge in [-0.1, -0.05) is 0 Å². The summed E-state index contributed by atoms with van der Waals surface area (Å²) in [4.78, 5) is 0. The Morgan fingerprint density at radius 3 is 1.00 bits per heavy atom. The third-order valence-corrected chi connectivity index (χ3v) is 0. The number of hydrogen-bond acceptors (Lipinski definition) is 1. The van der Waals surface area contributed by atoms with Gasteiger partial charge in [-0.15, -0.1) is 0 Å². The molecule has 0 aromatic carbocycles. The molecule has 0 heterocycles. The van der Waals surface area contributed by atoms with Gasteiger partial charge >= 0.3 is 62.5 Å². The smallest absolute Gasteiger partial charge is 2.00 e. The molecule has 0 aromatic heterocycles. The summed E-state index contributed by atoms with van der Waals surface area (Å²) in [5.41, 5.74) is 0. The molecule has 0 radical (unpaired) electrons. The minimum absolute atomic E-state index is 0. The minimum Gasteiger partial charge on any atom is -2.00 e. The van der Waals surface area contributed by atoms with Crippen LogP contribution in [0, 0.1) is 0 Å². The van der Waals surface area contributed by atoms with E-state index in [0.717, 1.165) is 0 Å². The summed E-state index contributed by atoms with van der Waals surface area (Å²) in [5.74, 6) is 0. The molecule has 0 bridgehead atoms. The molecule has 3 nitrogen and oxygen atoms in total. The van der Waals surface area contributed by atoms with Crippen LogP contribution in [0.5, 0.6) is 0 Å². The van der Waals surface area contributed by atoms with E-state index in [4.69, 9.17) is 4.46 Å². The molecule has 0 saturated heterocycles. The molecule has 0 amide bonds. The molecule has 0 unspecified atom stereocenters. The Kier molecular flexibility index (Phi) is 710. The van der Waals surface area contributed by atoms with Gasteiger partial charge in [0.15, 0.2) is 0 Å². The maximum Gasteiger partial charge on any atom is 4.00 e. The van der Waals surface area contributed by atoms with E-state index in [0.29, 0.717) is 0 Å². The van der Waals surface area contributed by atoms with E-state index >= 15 is 0 Å². The molecular weight excluding hydrogens is 215 g/mol. The minimum atomic E-state index is 0. The zero-order valence-electron chi connectivity index (χ0n) is 2.72. The number of hydrogen-bond donors (Lipinski definition) is 0. The second kappa shape index (κ2) is 85.0. The van der Waals surface area contributed by atoms with Gasteiger partial charge in [0.25, 0.3) is 0 Å². The summed E-state index contributed by atoms with van der Waals surface area (Å²) in [5, 5.41) is 0. The molecule has 0 aromatic rings. The Balaban J connectivity index is -0.000000000833. The zero-order chi connectivity index (χ0) is 2.00. The molecule has 24 valence electrons. The van der Waals surface area contributed by atoms with Crippen LogP contribution in [0.3, 0.4) is 0 Å². The quantitative estimate of drug-likeness (QED) is 0.490. The first kappa shape index (κ1) is 50.1. The van der Waals surface area contributed by atoms with Crippen LogP contribution in [0.25, 0.3) is 0 Å². The molecule has 0 fully saturated rings. The summed E-state index contributed by atoms with van der Waals surface area (Å²) in [6.45, 7) is 0. The Labute approximate surface area is 73.0 Å². The maximum atomic E-state index is 8.06. The van der Waals surface area contributed by atoms with Crippen LogP contribution in [-0.2, 0) is 63.3 Å². The van der Waals surface area contributed by atoms with Crippen LogP contribution in [0.2, 0.25) is 0 Å². The SMILES string of the molecule is O=[Si+2].[O-2].[O-2].[Ti+4].[Zr+4]. The molecule has 6 heteroatoms. The molecule has 0 aliphatic rings. The zero-order valence-corrected chi connectivity index (χ0v) is 7.74. The molecule has 6 heavy (non-hydrogen) atoms. The molecule has 0 N–H and O–H groups in total. The normalized spacial score (nSPS) is 1.00.